The lowest BCUT2D eigenvalue weighted by Gasteiger charge is -2.17. The van der Waals surface area contributed by atoms with Gasteiger partial charge in [0.15, 0.2) is 0 Å². The first-order chi connectivity index (χ1) is 9.08. The van der Waals surface area contributed by atoms with Crippen LogP contribution in [0.15, 0.2) is 48.5 Å². The third-order valence-corrected chi connectivity index (χ3v) is 3.13. The van der Waals surface area contributed by atoms with E-state index in [1.54, 1.807) is 24.3 Å². The molecule has 0 fully saturated rings. The van der Waals surface area contributed by atoms with Crippen LogP contribution < -0.4 is 11.1 Å². The summed E-state index contributed by atoms with van der Waals surface area (Å²) in [6, 6.07) is 14.4. The molecule has 0 aromatic heterocycles. The number of halogens is 1. The second-order valence-electron chi connectivity index (χ2n) is 4.32. The third kappa shape index (κ3) is 3.34. The fraction of sp³-hybridized carbons (Fsp3) is 0.133. The first-order valence-corrected chi connectivity index (χ1v) is 6.33. The van der Waals surface area contributed by atoms with E-state index in [9.17, 15) is 4.79 Å². The van der Waals surface area contributed by atoms with E-state index in [2.05, 4.69) is 5.32 Å². The maximum atomic E-state index is 12.0. The first kappa shape index (κ1) is 13.6. The molecule has 0 aliphatic rings. The maximum absolute atomic E-state index is 12.0. The zero-order valence-corrected chi connectivity index (χ0v) is 11.3. The Bertz CT molecular complexity index is 584. The highest BCUT2D eigenvalue weighted by atomic mass is 35.5. The largest absolute Gasteiger partial charge is 0.333 e. The minimum atomic E-state index is -0.577. The quantitative estimate of drug-likeness (QED) is 0.846. The number of benzene rings is 2. The molecule has 19 heavy (non-hydrogen) atoms. The fourth-order valence-electron chi connectivity index (χ4n) is 1.84. The lowest BCUT2D eigenvalue weighted by Crippen LogP contribution is -2.34. The van der Waals surface area contributed by atoms with Gasteiger partial charge in [-0.1, -0.05) is 35.9 Å². The van der Waals surface area contributed by atoms with Gasteiger partial charge in [-0.3, -0.25) is 4.79 Å². The molecule has 2 rings (SSSR count). The van der Waals surface area contributed by atoms with Gasteiger partial charge in [0, 0.05) is 10.6 Å². The van der Waals surface area contributed by atoms with Crippen molar-refractivity contribution in [3.63, 3.8) is 0 Å². The van der Waals surface area contributed by atoms with Crippen LogP contribution in [0.4, 0.5) is 0 Å². The van der Waals surface area contributed by atoms with Gasteiger partial charge in [0.25, 0.3) is 5.91 Å². The Labute approximate surface area is 117 Å². The maximum Gasteiger partial charge on any atom is 0.252 e. The van der Waals surface area contributed by atoms with E-state index >= 15 is 0 Å². The van der Waals surface area contributed by atoms with Crippen molar-refractivity contribution in [1.82, 2.24) is 5.32 Å². The van der Waals surface area contributed by atoms with Crippen molar-refractivity contribution in [1.29, 1.82) is 0 Å². The minimum Gasteiger partial charge on any atom is -0.333 e. The number of hydrogen-bond acceptors (Lipinski definition) is 2. The van der Waals surface area contributed by atoms with Crippen molar-refractivity contribution >= 4 is 17.5 Å². The van der Waals surface area contributed by atoms with Gasteiger partial charge in [-0.15, -0.1) is 0 Å². The average molecular weight is 275 g/mol. The standard InChI is InChI=1S/C15H15ClN2O/c1-10-7-8-12(16)9-13(10)14(17)18-15(19)11-5-3-2-4-6-11/h2-9,14H,17H2,1H3,(H,18,19). The zero-order valence-electron chi connectivity index (χ0n) is 10.6. The molecule has 0 aliphatic heterocycles. The average Bonchev–Trinajstić information content (AvgIpc) is 2.42. The van der Waals surface area contributed by atoms with Crippen molar-refractivity contribution in [2.45, 2.75) is 13.1 Å². The van der Waals surface area contributed by atoms with Gasteiger partial charge < -0.3 is 11.1 Å². The van der Waals surface area contributed by atoms with Crippen molar-refractivity contribution in [3.8, 4) is 0 Å². The predicted molar refractivity (Wildman–Crippen MR) is 77.0 cm³/mol. The Kier molecular flexibility index (Phi) is 4.20. The van der Waals surface area contributed by atoms with Crippen molar-refractivity contribution in [3.05, 3.63) is 70.2 Å². The molecule has 1 unspecified atom stereocenters. The molecule has 4 heteroatoms. The molecule has 0 bridgehead atoms. The minimum absolute atomic E-state index is 0.201. The Morgan fingerprint density at radius 2 is 1.89 bits per heavy atom. The summed E-state index contributed by atoms with van der Waals surface area (Å²) in [7, 11) is 0. The highest BCUT2D eigenvalue weighted by Crippen LogP contribution is 2.19. The monoisotopic (exact) mass is 274 g/mol. The van der Waals surface area contributed by atoms with Gasteiger partial charge in [0.1, 0.15) is 6.17 Å². The van der Waals surface area contributed by atoms with Crippen molar-refractivity contribution in [2.24, 2.45) is 5.73 Å². The van der Waals surface area contributed by atoms with Gasteiger partial charge in [-0.2, -0.15) is 0 Å². The second-order valence-corrected chi connectivity index (χ2v) is 4.75. The van der Waals surface area contributed by atoms with E-state index in [-0.39, 0.29) is 5.91 Å². The van der Waals surface area contributed by atoms with E-state index in [0.717, 1.165) is 11.1 Å². The molecule has 0 saturated heterocycles. The molecule has 2 aromatic rings. The number of nitrogens with two attached hydrogens (primary N) is 1. The molecule has 0 spiro atoms. The molecule has 0 heterocycles. The summed E-state index contributed by atoms with van der Waals surface area (Å²) in [5, 5.41) is 3.36. The lowest BCUT2D eigenvalue weighted by molar-refractivity contribution is 0.0937. The molecular formula is C15H15ClN2O. The molecule has 1 atom stereocenters. The first-order valence-electron chi connectivity index (χ1n) is 5.95. The number of aryl methyl sites for hydroxylation is 1. The van der Waals surface area contributed by atoms with Crippen LogP contribution in [-0.4, -0.2) is 5.91 Å². The smallest absolute Gasteiger partial charge is 0.252 e. The lowest BCUT2D eigenvalue weighted by atomic mass is 10.1. The fourth-order valence-corrected chi connectivity index (χ4v) is 2.02. The van der Waals surface area contributed by atoms with Gasteiger partial charge in [0.05, 0.1) is 0 Å². The number of carbonyl (C=O) groups is 1. The normalized spacial score (nSPS) is 11.9. The summed E-state index contributed by atoms with van der Waals surface area (Å²) in [6.07, 6.45) is -0.577. The van der Waals surface area contributed by atoms with E-state index in [0.29, 0.717) is 10.6 Å². The molecule has 98 valence electrons. The van der Waals surface area contributed by atoms with Gasteiger partial charge in [0.2, 0.25) is 0 Å². The summed E-state index contributed by atoms with van der Waals surface area (Å²) in [5.41, 5.74) is 8.40. The summed E-state index contributed by atoms with van der Waals surface area (Å²) in [5.74, 6) is -0.201. The Balaban J connectivity index is 2.15. The number of carbonyl (C=O) groups excluding carboxylic acids is 1. The molecule has 1 amide bonds. The zero-order chi connectivity index (χ0) is 13.8. The highest BCUT2D eigenvalue weighted by molar-refractivity contribution is 6.30. The van der Waals surface area contributed by atoms with E-state index in [1.165, 1.54) is 0 Å². The van der Waals surface area contributed by atoms with Gasteiger partial charge >= 0.3 is 0 Å². The van der Waals surface area contributed by atoms with Crippen LogP contribution in [0, 0.1) is 6.92 Å². The number of amides is 1. The molecule has 0 aliphatic carbocycles. The highest BCUT2D eigenvalue weighted by Gasteiger charge is 2.13. The van der Waals surface area contributed by atoms with Crippen molar-refractivity contribution < 1.29 is 4.79 Å². The summed E-state index contributed by atoms with van der Waals surface area (Å²) < 4.78 is 0. The summed E-state index contributed by atoms with van der Waals surface area (Å²) in [6.45, 7) is 1.93. The summed E-state index contributed by atoms with van der Waals surface area (Å²) in [4.78, 5) is 12.0. The van der Waals surface area contributed by atoms with Crippen LogP contribution in [0.2, 0.25) is 5.02 Å². The van der Waals surface area contributed by atoms with Gasteiger partial charge in [-0.25, -0.2) is 0 Å². The van der Waals surface area contributed by atoms with Crippen LogP contribution in [-0.2, 0) is 0 Å². The topological polar surface area (TPSA) is 55.1 Å². The van der Waals surface area contributed by atoms with Crippen molar-refractivity contribution in [2.75, 3.05) is 0 Å². The molecular weight excluding hydrogens is 260 g/mol. The number of rotatable bonds is 3. The molecule has 3 nitrogen and oxygen atoms in total. The Hall–Kier alpha value is -1.84. The van der Waals surface area contributed by atoms with Crippen LogP contribution in [0.25, 0.3) is 0 Å². The molecule has 0 radical (unpaired) electrons. The molecule has 0 saturated carbocycles. The predicted octanol–water partition coefficient (Wildman–Crippen LogP) is 3.04. The van der Waals surface area contributed by atoms with Gasteiger partial charge in [-0.05, 0) is 42.3 Å². The number of nitrogens with one attached hydrogen (secondary N) is 1. The van der Waals surface area contributed by atoms with Crippen LogP contribution >= 0.6 is 11.6 Å². The summed E-state index contributed by atoms with van der Waals surface area (Å²) >= 11 is 5.95. The third-order valence-electron chi connectivity index (χ3n) is 2.90. The van der Waals surface area contributed by atoms with Crippen LogP contribution in [0.3, 0.4) is 0 Å². The van der Waals surface area contributed by atoms with E-state index in [4.69, 9.17) is 17.3 Å². The van der Waals surface area contributed by atoms with Crippen LogP contribution in [0.1, 0.15) is 27.7 Å². The second kappa shape index (κ2) is 5.87. The Morgan fingerprint density at radius 3 is 2.58 bits per heavy atom. The van der Waals surface area contributed by atoms with Crippen LogP contribution in [0.5, 0.6) is 0 Å². The van der Waals surface area contributed by atoms with E-state index < -0.39 is 6.17 Å². The van der Waals surface area contributed by atoms with E-state index in [1.807, 2.05) is 31.2 Å². The molecule has 3 N–H and O–H groups in total. The Morgan fingerprint density at radius 1 is 1.21 bits per heavy atom. The SMILES string of the molecule is Cc1ccc(Cl)cc1C(N)NC(=O)c1ccccc1. The number of hydrogen-bond donors (Lipinski definition) is 2. The molecule has 2 aromatic carbocycles.